The number of furan rings is 1. The molecule has 0 N–H and O–H groups in total. The average molecular weight is 222 g/mol. The van der Waals surface area contributed by atoms with Crippen LogP contribution in [0.3, 0.4) is 0 Å². The van der Waals surface area contributed by atoms with Crippen molar-refractivity contribution in [3.05, 3.63) is 24.2 Å². The number of rotatable bonds is 4. The molecule has 1 saturated heterocycles. The van der Waals surface area contributed by atoms with E-state index in [2.05, 4.69) is 4.90 Å². The van der Waals surface area contributed by atoms with Gasteiger partial charge in [-0.2, -0.15) is 0 Å². The number of carbonyl (C=O) groups is 1. The van der Waals surface area contributed by atoms with Gasteiger partial charge in [0.25, 0.3) is 5.91 Å². The summed E-state index contributed by atoms with van der Waals surface area (Å²) in [6.07, 6.45) is 4.10. The summed E-state index contributed by atoms with van der Waals surface area (Å²) < 4.78 is 5.08. The van der Waals surface area contributed by atoms with E-state index < -0.39 is 0 Å². The maximum Gasteiger partial charge on any atom is 0.289 e. The highest BCUT2D eigenvalue weighted by atomic mass is 16.3. The van der Waals surface area contributed by atoms with Crippen molar-refractivity contribution in [1.82, 2.24) is 9.80 Å². The molecule has 1 aromatic heterocycles. The van der Waals surface area contributed by atoms with Crippen LogP contribution in [0.2, 0.25) is 0 Å². The van der Waals surface area contributed by atoms with Crippen LogP contribution in [-0.4, -0.2) is 48.9 Å². The van der Waals surface area contributed by atoms with Crippen molar-refractivity contribution in [2.75, 3.05) is 33.2 Å². The van der Waals surface area contributed by atoms with Gasteiger partial charge in [-0.05, 0) is 38.1 Å². The summed E-state index contributed by atoms with van der Waals surface area (Å²) in [6.45, 7) is 4.06. The Kier molecular flexibility index (Phi) is 3.62. The van der Waals surface area contributed by atoms with Crippen molar-refractivity contribution < 1.29 is 9.21 Å². The molecule has 4 heteroatoms. The third-order valence-electron chi connectivity index (χ3n) is 3.03. The fourth-order valence-electron chi connectivity index (χ4n) is 1.99. The van der Waals surface area contributed by atoms with Crippen LogP contribution in [0.4, 0.5) is 0 Å². The molecule has 0 radical (unpaired) electrons. The molecular weight excluding hydrogens is 204 g/mol. The van der Waals surface area contributed by atoms with Crippen LogP contribution >= 0.6 is 0 Å². The van der Waals surface area contributed by atoms with Gasteiger partial charge >= 0.3 is 0 Å². The summed E-state index contributed by atoms with van der Waals surface area (Å²) in [7, 11) is 1.82. The molecule has 4 nitrogen and oxygen atoms in total. The molecule has 88 valence electrons. The van der Waals surface area contributed by atoms with Gasteiger partial charge in [0.2, 0.25) is 0 Å². The van der Waals surface area contributed by atoms with Gasteiger partial charge in [-0.1, -0.05) is 0 Å². The minimum Gasteiger partial charge on any atom is -0.459 e. The van der Waals surface area contributed by atoms with E-state index in [0.29, 0.717) is 5.76 Å². The second-order valence-corrected chi connectivity index (χ2v) is 4.25. The average Bonchev–Trinajstić information content (AvgIpc) is 2.96. The molecule has 0 aromatic carbocycles. The van der Waals surface area contributed by atoms with E-state index in [0.717, 1.165) is 13.1 Å². The molecule has 2 heterocycles. The van der Waals surface area contributed by atoms with Gasteiger partial charge in [0.1, 0.15) is 0 Å². The second-order valence-electron chi connectivity index (χ2n) is 4.25. The molecule has 2 rings (SSSR count). The number of likely N-dealkylation sites (N-methyl/N-ethyl adjacent to an activating group) is 1. The first-order chi connectivity index (χ1) is 7.77. The molecule has 16 heavy (non-hydrogen) atoms. The number of nitrogens with zero attached hydrogens (tertiary/aromatic N) is 2. The zero-order valence-corrected chi connectivity index (χ0v) is 9.69. The molecule has 0 saturated carbocycles. The molecule has 0 unspecified atom stereocenters. The lowest BCUT2D eigenvalue weighted by Crippen LogP contribution is -2.35. The molecule has 0 bridgehead atoms. The quantitative estimate of drug-likeness (QED) is 0.773. The van der Waals surface area contributed by atoms with Gasteiger partial charge in [-0.25, -0.2) is 0 Å². The van der Waals surface area contributed by atoms with E-state index in [1.807, 2.05) is 7.05 Å². The van der Waals surface area contributed by atoms with Gasteiger partial charge in [-0.15, -0.1) is 0 Å². The number of carbonyl (C=O) groups excluding carboxylic acids is 1. The lowest BCUT2D eigenvalue weighted by molar-refractivity contribution is 0.0751. The zero-order chi connectivity index (χ0) is 11.4. The molecule has 1 aromatic rings. The standard InChI is InChI=1S/C12H18N2O2/c1-13(8-9-14-6-2-3-7-14)12(15)11-5-4-10-16-11/h4-5,10H,2-3,6-9H2,1H3. The van der Waals surface area contributed by atoms with Gasteiger partial charge < -0.3 is 14.2 Å². The van der Waals surface area contributed by atoms with Gasteiger partial charge in [0, 0.05) is 20.1 Å². The van der Waals surface area contributed by atoms with Crippen molar-refractivity contribution in [1.29, 1.82) is 0 Å². The van der Waals surface area contributed by atoms with Gasteiger partial charge in [0.05, 0.1) is 6.26 Å². The number of hydrogen-bond donors (Lipinski definition) is 0. The summed E-state index contributed by atoms with van der Waals surface area (Å²) >= 11 is 0. The van der Waals surface area contributed by atoms with Crippen LogP contribution < -0.4 is 0 Å². The molecule has 1 amide bonds. The van der Waals surface area contributed by atoms with E-state index >= 15 is 0 Å². The highest BCUT2D eigenvalue weighted by molar-refractivity contribution is 5.91. The highest BCUT2D eigenvalue weighted by Crippen LogP contribution is 2.08. The maximum absolute atomic E-state index is 11.8. The first kappa shape index (κ1) is 11.2. The van der Waals surface area contributed by atoms with Crippen LogP contribution in [0.5, 0.6) is 0 Å². The van der Waals surface area contributed by atoms with Crippen molar-refractivity contribution in [2.24, 2.45) is 0 Å². The molecule has 1 aliphatic rings. The van der Waals surface area contributed by atoms with E-state index in [-0.39, 0.29) is 5.91 Å². The minimum atomic E-state index is -0.0378. The summed E-state index contributed by atoms with van der Waals surface area (Å²) in [5.41, 5.74) is 0. The van der Waals surface area contributed by atoms with E-state index in [1.165, 1.54) is 32.2 Å². The minimum absolute atomic E-state index is 0.0378. The first-order valence-corrected chi connectivity index (χ1v) is 5.79. The van der Waals surface area contributed by atoms with E-state index in [4.69, 9.17) is 4.42 Å². The lowest BCUT2D eigenvalue weighted by atomic mass is 10.4. The number of likely N-dealkylation sites (tertiary alicyclic amines) is 1. The zero-order valence-electron chi connectivity index (χ0n) is 9.69. The first-order valence-electron chi connectivity index (χ1n) is 5.79. The maximum atomic E-state index is 11.8. The van der Waals surface area contributed by atoms with Crippen molar-refractivity contribution >= 4 is 5.91 Å². The summed E-state index contributed by atoms with van der Waals surface area (Å²) in [4.78, 5) is 15.9. The molecule has 0 spiro atoms. The van der Waals surface area contributed by atoms with Crippen LogP contribution in [0, 0.1) is 0 Å². The van der Waals surface area contributed by atoms with E-state index in [1.54, 1.807) is 17.0 Å². The molecule has 0 aliphatic carbocycles. The van der Waals surface area contributed by atoms with Crippen molar-refractivity contribution in [3.63, 3.8) is 0 Å². The van der Waals surface area contributed by atoms with Crippen LogP contribution in [-0.2, 0) is 0 Å². The molecule has 0 atom stereocenters. The Labute approximate surface area is 95.8 Å². The third-order valence-corrected chi connectivity index (χ3v) is 3.03. The van der Waals surface area contributed by atoms with Crippen LogP contribution in [0.25, 0.3) is 0 Å². The lowest BCUT2D eigenvalue weighted by Gasteiger charge is -2.20. The fraction of sp³-hybridized carbons (Fsp3) is 0.583. The Morgan fingerprint density at radius 1 is 1.50 bits per heavy atom. The summed E-state index contributed by atoms with van der Waals surface area (Å²) in [5.74, 6) is 0.383. The Hall–Kier alpha value is -1.29. The van der Waals surface area contributed by atoms with Crippen molar-refractivity contribution in [2.45, 2.75) is 12.8 Å². The van der Waals surface area contributed by atoms with Crippen molar-refractivity contribution in [3.8, 4) is 0 Å². The summed E-state index contributed by atoms with van der Waals surface area (Å²) in [6, 6.07) is 3.44. The molecule has 1 fully saturated rings. The largest absolute Gasteiger partial charge is 0.459 e. The molecular formula is C12H18N2O2. The van der Waals surface area contributed by atoms with Crippen LogP contribution in [0.1, 0.15) is 23.4 Å². The Morgan fingerprint density at radius 3 is 2.88 bits per heavy atom. The SMILES string of the molecule is CN(CCN1CCCC1)C(=O)c1ccco1. The number of hydrogen-bond acceptors (Lipinski definition) is 3. The second kappa shape index (κ2) is 5.16. The smallest absolute Gasteiger partial charge is 0.289 e. The van der Waals surface area contributed by atoms with Crippen LogP contribution in [0.15, 0.2) is 22.8 Å². The number of amides is 1. The Balaban J connectivity index is 1.78. The molecule has 1 aliphatic heterocycles. The van der Waals surface area contributed by atoms with Gasteiger partial charge in [-0.3, -0.25) is 4.79 Å². The fourth-order valence-corrected chi connectivity index (χ4v) is 1.99. The monoisotopic (exact) mass is 222 g/mol. The summed E-state index contributed by atoms with van der Waals surface area (Å²) in [5, 5.41) is 0. The predicted octanol–water partition coefficient (Wildman–Crippen LogP) is 1.45. The normalized spacial score (nSPS) is 16.6. The Bertz CT molecular complexity index is 329. The topological polar surface area (TPSA) is 36.7 Å². The van der Waals surface area contributed by atoms with Gasteiger partial charge in [0.15, 0.2) is 5.76 Å². The highest BCUT2D eigenvalue weighted by Gasteiger charge is 2.16. The third kappa shape index (κ3) is 2.64. The Morgan fingerprint density at radius 2 is 2.25 bits per heavy atom. The predicted molar refractivity (Wildman–Crippen MR) is 61.3 cm³/mol. The van der Waals surface area contributed by atoms with E-state index in [9.17, 15) is 4.79 Å².